The summed E-state index contributed by atoms with van der Waals surface area (Å²) in [5.41, 5.74) is 9.10. The summed E-state index contributed by atoms with van der Waals surface area (Å²) in [6, 6.07) is 12.1. The number of aryl methyl sites for hydroxylation is 1. The Kier molecular flexibility index (Phi) is 4.66. The zero-order valence-corrected chi connectivity index (χ0v) is 18.3. The maximum Gasteiger partial charge on any atom is 0.229 e. The predicted molar refractivity (Wildman–Crippen MR) is 118 cm³/mol. The van der Waals surface area contributed by atoms with Crippen molar-refractivity contribution in [1.82, 2.24) is 19.8 Å². The fourth-order valence-electron chi connectivity index (χ4n) is 3.35. The SMILES string of the molecule is CCc1ccc(S(=O)(=O)c2nnn3c2nc(C(N)c2cccs2)c2sccc23)cc1. The lowest BCUT2D eigenvalue weighted by Crippen LogP contribution is -2.14. The van der Waals surface area contributed by atoms with Crippen LogP contribution in [0.2, 0.25) is 0 Å². The molecule has 4 aromatic heterocycles. The van der Waals surface area contributed by atoms with Gasteiger partial charge in [-0.25, -0.2) is 13.4 Å². The van der Waals surface area contributed by atoms with Crippen LogP contribution in [-0.2, 0) is 16.3 Å². The summed E-state index contributed by atoms with van der Waals surface area (Å²) in [6.07, 6.45) is 0.830. The van der Waals surface area contributed by atoms with Gasteiger partial charge >= 0.3 is 0 Å². The van der Waals surface area contributed by atoms with Gasteiger partial charge in [0.15, 0.2) is 5.65 Å². The van der Waals surface area contributed by atoms with E-state index in [0.29, 0.717) is 5.69 Å². The zero-order chi connectivity index (χ0) is 20.9. The van der Waals surface area contributed by atoms with Crippen molar-refractivity contribution in [2.45, 2.75) is 29.3 Å². The first-order chi connectivity index (χ1) is 14.5. The number of sulfone groups is 1. The Morgan fingerprint density at radius 3 is 2.60 bits per heavy atom. The Morgan fingerprint density at radius 1 is 1.10 bits per heavy atom. The second kappa shape index (κ2) is 7.24. The number of thiophene rings is 2. The largest absolute Gasteiger partial charge is 0.318 e. The summed E-state index contributed by atoms with van der Waals surface area (Å²) in [7, 11) is -3.89. The molecule has 0 saturated carbocycles. The van der Waals surface area contributed by atoms with Crippen LogP contribution < -0.4 is 5.73 Å². The molecule has 0 aliphatic heterocycles. The highest BCUT2D eigenvalue weighted by Crippen LogP contribution is 2.33. The molecule has 0 bridgehead atoms. The van der Waals surface area contributed by atoms with Gasteiger partial charge in [-0.2, -0.15) is 4.52 Å². The van der Waals surface area contributed by atoms with E-state index in [1.54, 1.807) is 24.3 Å². The van der Waals surface area contributed by atoms with Gasteiger partial charge < -0.3 is 5.73 Å². The molecular weight excluding hydrogens is 438 g/mol. The van der Waals surface area contributed by atoms with Gasteiger partial charge in [0, 0.05) is 4.88 Å². The topological polar surface area (TPSA) is 103 Å². The van der Waals surface area contributed by atoms with E-state index < -0.39 is 15.9 Å². The highest BCUT2D eigenvalue weighted by Gasteiger charge is 2.28. The van der Waals surface area contributed by atoms with Crippen LogP contribution in [0.5, 0.6) is 0 Å². The Balaban J connectivity index is 1.73. The summed E-state index contributed by atoms with van der Waals surface area (Å²) < 4.78 is 29.0. The number of fused-ring (bicyclic) bond motifs is 3. The van der Waals surface area contributed by atoms with Gasteiger partial charge in [-0.05, 0) is 47.0 Å². The summed E-state index contributed by atoms with van der Waals surface area (Å²) in [5, 5.41) is 11.8. The molecule has 152 valence electrons. The Labute approximate surface area is 180 Å². The first kappa shape index (κ1) is 19.3. The fraction of sp³-hybridized carbons (Fsp3) is 0.150. The molecule has 4 heterocycles. The van der Waals surface area contributed by atoms with Gasteiger partial charge in [0.25, 0.3) is 0 Å². The third-order valence-electron chi connectivity index (χ3n) is 4.99. The molecule has 0 aliphatic carbocycles. The van der Waals surface area contributed by atoms with Gasteiger partial charge in [0.1, 0.15) is 0 Å². The van der Waals surface area contributed by atoms with E-state index in [1.165, 1.54) is 27.2 Å². The van der Waals surface area contributed by atoms with Crippen LogP contribution in [0.15, 0.2) is 63.1 Å². The minimum absolute atomic E-state index is 0.165. The number of rotatable bonds is 5. The van der Waals surface area contributed by atoms with Gasteiger partial charge in [-0.3, -0.25) is 0 Å². The van der Waals surface area contributed by atoms with Crippen molar-refractivity contribution >= 4 is 48.4 Å². The number of hydrogen-bond acceptors (Lipinski definition) is 8. The first-order valence-corrected chi connectivity index (χ1v) is 12.5. The quantitative estimate of drug-likeness (QED) is 0.432. The van der Waals surface area contributed by atoms with Crippen molar-refractivity contribution in [2.75, 3.05) is 0 Å². The van der Waals surface area contributed by atoms with Crippen molar-refractivity contribution < 1.29 is 8.42 Å². The number of nitrogens with zero attached hydrogens (tertiary/aromatic N) is 4. The molecule has 1 unspecified atom stereocenters. The number of hydrogen-bond donors (Lipinski definition) is 1. The van der Waals surface area contributed by atoms with Crippen molar-refractivity contribution in [1.29, 1.82) is 0 Å². The van der Waals surface area contributed by atoms with E-state index in [2.05, 4.69) is 15.3 Å². The van der Waals surface area contributed by atoms with Crippen molar-refractivity contribution in [3.63, 3.8) is 0 Å². The molecule has 0 radical (unpaired) electrons. The smallest absolute Gasteiger partial charge is 0.229 e. The molecule has 0 spiro atoms. The van der Waals surface area contributed by atoms with Crippen molar-refractivity contribution in [3.8, 4) is 0 Å². The average molecular weight is 456 g/mol. The fourth-order valence-corrected chi connectivity index (χ4v) is 6.22. The predicted octanol–water partition coefficient (Wildman–Crippen LogP) is 3.84. The van der Waals surface area contributed by atoms with E-state index in [1.807, 2.05) is 35.9 Å². The first-order valence-electron chi connectivity index (χ1n) is 9.26. The molecule has 2 N–H and O–H groups in total. The molecule has 1 atom stereocenters. The third-order valence-corrected chi connectivity index (χ3v) is 8.54. The lowest BCUT2D eigenvalue weighted by atomic mass is 10.1. The van der Waals surface area contributed by atoms with Crippen molar-refractivity contribution in [3.05, 3.63) is 69.4 Å². The molecule has 0 aliphatic rings. The second-order valence-corrected chi connectivity index (χ2v) is 10.5. The third kappa shape index (κ3) is 2.95. The lowest BCUT2D eigenvalue weighted by molar-refractivity contribution is 0.592. The maximum atomic E-state index is 13.3. The highest BCUT2D eigenvalue weighted by atomic mass is 32.2. The van der Waals surface area contributed by atoms with E-state index in [9.17, 15) is 8.42 Å². The van der Waals surface area contributed by atoms with E-state index in [4.69, 9.17) is 5.73 Å². The minimum atomic E-state index is -3.89. The molecule has 30 heavy (non-hydrogen) atoms. The van der Waals surface area contributed by atoms with Crippen LogP contribution in [0.25, 0.3) is 15.9 Å². The maximum absolute atomic E-state index is 13.3. The number of benzene rings is 1. The van der Waals surface area contributed by atoms with Gasteiger partial charge in [0.05, 0.1) is 26.8 Å². The number of aromatic nitrogens is 4. The van der Waals surface area contributed by atoms with Crippen LogP contribution in [0.3, 0.4) is 0 Å². The highest BCUT2D eigenvalue weighted by molar-refractivity contribution is 7.91. The average Bonchev–Trinajstić information content (AvgIpc) is 3.52. The van der Waals surface area contributed by atoms with Crippen LogP contribution >= 0.6 is 22.7 Å². The summed E-state index contributed by atoms with van der Waals surface area (Å²) in [4.78, 5) is 5.79. The molecule has 5 rings (SSSR count). The van der Waals surface area contributed by atoms with Crippen LogP contribution in [0.4, 0.5) is 0 Å². The zero-order valence-electron chi connectivity index (χ0n) is 15.9. The summed E-state index contributed by atoms with van der Waals surface area (Å²) in [6.45, 7) is 2.02. The molecule has 0 fully saturated rings. The summed E-state index contributed by atoms with van der Waals surface area (Å²) >= 11 is 3.03. The standard InChI is InChI=1S/C20H17N5O2S3/c1-2-12-5-7-13(8-6-12)30(26,27)20-19-22-17(16(21)15-4-3-10-28-15)18-14(9-11-29-18)25(19)24-23-20/h3-11,16H,2,21H2,1H3. The number of nitrogens with two attached hydrogens (primary N) is 1. The van der Waals surface area contributed by atoms with Crippen LogP contribution in [0, 0.1) is 0 Å². The van der Waals surface area contributed by atoms with E-state index >= 15 is 0 Å². The Bertz CT molecular complexity index is 1450. The van der Waals surface area contributed by atoms with E-state index in [0.717, 1.165) is 27.1 Å². The molecule has 0 saturated heterocycles. The monoisotopic (exact) mass is 455 g/mol. The lowest BCUT2D eigenvalue weighted by Gasteiger charge is -2.11. The van der Waals surface area contributed by atoms with Gasteiger partial charge in [0.2, 0.25) is 14.9 Å². The molecular formula is C20H17N5O2S3. The molecule has 10 heteroatoms. The molecule has 7 nitrogen and oxygen atoms in total. The second-order valence-electron chi connectivity index (χ2n) is 6.76. The van der Waals surface area contributed by atoms with Crippen molar-refractivity contribution in [2.24, 2.45) is 5.73 Å². The Morgan fingerprint density at radius 2 is 1.90 bits per heavy atom. The Hall–Kier alpha value is -2.66. The van der Waals surface area contributed by atoms with Crippen LogP contribution in [-0.4, -0.2) is 28.2 Å². The molecule has 1 aromatic carbocycles. The summed E-state index contributed by atoms with van der Waals surface area (Å²) in [5.74, 6) is 0. The van der Waals surface area contributed by atoms with Crippen LogP contribution in [0.1, 0.15) is 29.1 Å². The van der Waals surface area contributed by atoms with Gasteiger partial charge in [-0.15, -0.1) is 27.8 Å². The minimum Gasteiger partial charge on any atom is -0.318 e. The molecule has 5 aromatic rings. The molecule has 0 amide bonds. The van der Waals surface area contributed by atoms with Gasteiger partial charge in [-0.1, -0.05) is 30.3 Å². The van der Waals surface area contributed by atoms with E-state index in [-0.39, 0.29) is 15.6 Å². The normalized spacial score (nSPS) is 13.3.